The summed E-state index contributed by atoms with van der Waals surface area (Å²) < 4.78 is 37.2. The molecule has 27 heavy (non-hydrogen) atoms. The van der Waals surface area contributed by atoms with Crippen molar-refractivity contribution in [2.75, 3.05) is 10.6 Å². The van der Waals surface area contributed by atoms with E-state index in [9.17, 15) is 18.3 Å². The van der Waals surface area contributed by atoms with E-state index in [0.717, 1.165) is 11.3 Å². The highest BCUT2D eigenvalue weighted by Gasteiger charge is 2.38. The molecule has 0 aliphatic heterocycles. The molecule has 0 aliphatic carbocycles. The van der Waals surface area contributed by atoms with Crippen LogP contribution in [0.4, 0.5) is 30.4 Å². The number of aromatic nitrogens is 2. The number of anilines is 3. The molecule has 6 nitrogen and oxygen atoms in total. The Kier molecular flexibility index (Phi) is 4.95. The summed E-state index contributed by atoms with van der Waals surface area (Å²) in [5.74, 6) is 0.689. The third kappa shape index (κ3) is 4.50. The van der Waals surface area contributed by atoms with E-state index < -0.39 is 12.4 Å². The number of aliphatic hydroxyl groups is 1. The fourth-order valence-corrected chi connectivity index (χ4v) is 2.45. The number of nitrogens with one attached hydrogen (secondary N) is 3. The van der Waals surface area contributed by atoms with Crippen molar-refractivity contribution in [1.82, 2.24) is 10.2 Å². The van der Waals surface area contributed by atoms with Crippen molar-refractivity contribution in [3.8, 4) is 17.0 Å². The highest BCUT2D eigenvalue weighted by molar-refractivity contribution is 5.69. The van der Waals surface area contributed by atoms with Crippen LogP contribution >= 0.6 is 0 Å². The predicted octanol–water partition coefficient (Wildman–Crippen LogP) is 4.13. The first-order valence-corrected chi connectivity index (χ1v) is 7.96. The zero-order valence-corrected chi connectivity index (χ0v) is 14.2. The van der Waals surface area contributed by atoms with Crippen LogP contribution in [0.2, 0.25) is 0 Å². The average molecular weight is 378 g/mol. The average Bonchev–Trinajstić information content (AvgIpc) is 3.06. The number of rotatable bonds is 5. The molecule has 0 saturated carbocycles. The molecule has 1 heterocycles. The number of halogens is 3. The third-order valence-electron chi connectivity index (χ3n) is 3.86. The van der Waals surface area contributed by atoms with Crippen LogP contribution < -0.4 is 10.6 Å². The largest absolute Gasteiger partial charge is 0.508 e. The number of nitrogens with zero attached hydrogens (tertiary/aromatic N) is 1. The van der Waals surface area contributed by atoms with Gasteiger partial charge in [0.2, 0.25) is 6.23 Å². The van der Waals surface area contributed by atoms with Crippen molar-refractivity contribution >= 4 is 17.2 Å². The Morgan fingerprint density at radius 1 is 1.07 bits per heavy atom. The quantitative estimate of drug-likeness (QED) is 0.431. The number of hydrogen-bond acceptors (Lipinski definition) is 5. The van der Waals surface area contributed by atoms with Crippen molar-refractivity contribution in [1.29, 1.82) is 0 Å². The van der Waals surface area contributed by atoms with E-state index in [2.05, 4.69) is 15.5 Å². The van der Waals surface area contributed by atoms with Gasteiger partial charge in [-0.2, -0.15) is 18.3 Å². The fourth-order valence-electron chi connectivity index (χ4n) is 2.45. The summed E-state index contributed by atoms with van der Waals surface area (Å²) in [4.78, 5) is 0. The first-order valence-electron chi connectivity index (χ1n) is 7.96. The Bertz CT molecular complexity index is 923. The molecule has 3 aromatic rings. The first kappa shape index (κ1) is 18.6. The summed E-state index contributed by atoms with van der Waals surface area (Å²) in [6.45, 7) is 1.72. The maximum Gasteiger partial charge on any atom is 0.433 e. The number of aromatic hydroxyl groups is 1. The number of phenols is 1. The van der Waals surface area contributed by atoms with Gasteiger partial charge in [0.05, 0.1) is 5.69 Å². The van der Waals surface area contributed by atoms with E-state index in [-0.39, 0.29) is 11.4 Å². The van der Waals surface area contributed by atoms with Crippen LogP contribution in [-0.4, -0.2) is 32.8 Å². The van der Waals surface area contributed by atoms with Gasteiger partial charge in [-0.3, -0.25) is 5.10 Å². The molecule has 3 rings (SSSR count). The molecule has 0 saturated heterocycles. The van der Waals surface area contributed by atoms with Gasteiger partial charge in [-0.1, -0.05) is 0 Å². The molecule has 0 bridgehead atoms. The molecule has 0 radical (unpaired) electrons. The lowest BCUT2D eigenvalue weighted by Gasteiger charge is -2.18. The van der Waals surface area contributed by atoms with Crippen LogP contribution in [0.25, 0.3) is 11.3 Å². The second-order valence-electron chi connectivity index (χ2n) is 5.96. The van der Waals surface area contributed by atoms with Gasteiger partial charge in [0, 0.05) is 17.4 Å². The van der Waals surface area contributed by atoms with E-state index in [1.54, 1.807) is 43.3 Å². The lowest BCUT2D eigenvalue weighted by Crippen LogP contribution is -2.35. The number of aryl methyl sites for hydroxylation is 1. The van der Waals surface area contributed by atoms with Gasteiger partial charge < -0.3 is 20.8 Å². The third-order valence-corrected chi connectivity index (χ3v) is 3.86. The second kappa shape index (κ2) is 7.20. The van der Waals surface area contributed by atoms with Crippen molar-refractivity contribution in [2.24, 2.45) is 0 Å². The minimum Gasteiger partial charge on any atom is -0.508 e. The fraction of sp³-hybridized carbons (Fsp3) is 0.167. The van der Waals surface area contributed by atoms with Gasteiger partial charge in [0.1, 0.15) is 5.75 Å². The Balaban J connectivity index is 1.72. The number of phenolic OH excluding ortho intramolecular Hbond substituents is 1. The summed E-state index contributed by atoms with van der Waals surface area (Å²) in [6, 6.07) is 12.9. The first-order chi connectivity index (χ1) is 12.7. The second-order valence-corrected chi connectivity index (χ2v) is 5.96. The summed E-state index contributed by atoms with van der Waals surface area (Å²) in [5.41, 5.74) is 3.05. The zero-order chi connectivity index (χ0) is 19.6. The molecule has 1 unspecified atom stereocenters. The van der Waals surface area contributed by atoms with Crippen LogP contribution in [0.5, 0.6) is 5.75 Å². The molecular weight excluding hydrogens is 361 g/mol. The summed E-state index contributed by atoms with van der Waals surface area (Å²) in [7, 11) is 0. The van der Waals surface area contributed by atoms with E-state index in [1.165, 1.54) is 12.1 Å². The lowest BCUT2D eigenvalue weighted by molar-refractivity contribution is -0.194. The molecular formula is C18H17F3N4O2. The van der Waals surface area contributed by atoms with E-state index in [4.69, 9.17) is 5.11 Å². The molecule has 2 aromatic carbocycles. The molecule has 142 valence electrons. The van der Waals surface area contributed by atoms with E-state index in [1.807, 2.05) is 5.32 Å². The lowest BCUT2D eigenvalue weighted by atomic mass is 10.1. The minimum absolute atomic E-state index is 0.148. The summed E-state index contributed by atoms with van der Waals surface area (Å²) >= 11 is 0. The Morgan fingerprint density at radius 2 is 1.78 bits per heavy atom. The Hall–Kier alpha value is -3.20. The number of aliphatic hydroxyl groups excluding tert-OH is 1. The van der Waals surface area contributed by atoms with Crippen molar-refractivity contribution in [3.05, 3.63) is 54.1 Å². The molecule has 0 amide bonds. The van der Waals surface area contributed by atoms with Crippen LogP contribution in [-0.2, 0) is 0 Å². The molecule has 0 spiro atoms. The molecule has 5 N–H and O–H groups in total. The normalized spacial score (nSPS) is 12.6. The predicted molar refractivity (Wildman–Crippen MR) is 95.8 cm³/mol. The van der Waals surface area contributed by atoms with Crippen molar-refractivity contribution < 1.29 is 23.4 Å². The number of aromatic amines is 1. The highest BCUT2D eigenvalue weighted by atomic mass is 19.4. The summed E-state index contributed by atoms with van der Waals surface area (Å²) in [6.07, 6.45) is -7.38. The molecule has 9 heteroatoms. The number of H-pyrrole nitrogens is 1. The van der Waals surface area contributed by atoms with Gasteiger partial charge in [-0.05, 0) is 60.5 Å². The number of alkyl halides is 3. The van der Waals surface area contributed by atoms with Crippen LogP contribution in [0.1, 0.15) is 5.56 Å². The molecule has 0 fully saturated rings. The van der Waals surface area contributed by atoms with Crippen LogP contribution in [0.3, 0.4) is 0 Å². The topological polar surface area (TPSA) is 93.2 Å². The zero-order valence-electron chi connectivity index (χ0n) is 14.2. The summed E-state index contributed by atoms with van der Waals surface area (Å²) in [5, 5.41) is 30.5. The maximum absolute atomic E-state index is 12.4. The smallest absolute Gasteiger partial charge is 0.433 e. The van der Waals surface area contributed by atoms with E-state index >= 15 is 0 Å². The monoisotopic (exact) mass is 378 g/mol. The SMILES string of the molecule is Cc1cc(NC(O)C(F)(F)F)ccc1Nc1cc(-c2ccc(O)cc2)[nH]n1. The maximum atomic E-state index is 12.4. The Morgan fingerprint density at radius 3 is 2.41 bits per heavy atom. The Labute approximate surface area is 152 Å². The van der Waals surface area contributed by atoms with Crippen LogP contribution in [0.15, 0.2) is 48.5 Å². The number of hydrogen-bond donors (Lipinski definition) is 5. The van der Waals surface area contributed by atoms with E-state index in [0.29, 0.717) is 17.1 Å². The minimum atomic E-state index is -4.75. The van der Waals surface area contributed by atoms with Gasteiger partial charge in [0.25, 0.3) is 0 Å². The molecule has 1 atom stereocenters. The molecule has 0 aliphatic rings. The van der Waals surface area contributed by atoms with Gasteiger partial charge in [-0.15, -0.1) is 0 Å². The standard InChI is InChI=1S/C18H17F3N4O2/c1-10-8-12(22-17(27)18(19,20)21)4-7-14(10)23-16-9-15(24-25-16)11-2-5-13(26)6-3-11/h2-9,17,22,26-27H,1H3,(H2,23,24,25). The number of benzene rings is 2. The van der Waals surface area contributed by atoms with Gasteiger partial charge in [-0.25, -0.2) is 0 Å². The van der Waals surface area contributed by atoms with Crippen molar-refractivity contribution in [2.45, 2.75) is 19.3 Å². The van der Waals surface area contributed by atoms with Gasteiger partial charge in [0.15, 0.2) is 5.82 Å². The van der Waals surface area contributed by atoms with Gasteiger partial charge >= 0.3 is 6.18 Å². The molecule has 1 aromatic heterocycles. The van der Waals surface area contributed by atoms with Crippen LogP contribution in [0, 0.1) is 6.92 Å². The van der Waals surface area contributed by atoms with Crippen molar-refractivity contribution in [3.63, 3.8) is 0 Å². The highest BCUT2D eigenvalue weighted by Crippen LogP contribution is 2.28.